The third-order valence-corrected chi connectivity index (χ3v) is 8.61. The molecule has 3 aliphatic carbocycles. The second-order valence-corrected chi connectivity index (χ2v) is 11.8. The number of amides is 1. The van der Waals surface area contributed by atoms with Crippen LogP contribution in [-0.4, -0.2) is 102 Å². The number of carbonyl (C=O) groups excluding carboxylic acids is 3. The number of benzene rings is 1. The molecule has 0 fully saturated rings. The summed E-state index contributed by atoms with van der Waals surface area (Å²) in [6, 6.07) is 0.307. The first-order valence-corrected chi connectivity index (χ1v) is 14.1. The Morgan fingerprint density at radius 1 is 1.22 bits per heavy atom. The molecule has 0 heterocycles. The highest BCUT2D eigenvalue weighted by atomic mass is 16.5. The summed E-state index contributed by atoms with van der Waals surface area (Å²) in [5.74, 6) is -0.863. The number of anilines is 1. The van der Waals surface area contributed by atoms with Crippen molar-refractivity contribution in [2.45, 2.75) is 30.0 Å². The molecule has 0 radical (unpaired) electrons. The molecule has 1 aromatic carbocycles. The molecular formula is C33H38N4O8. The highest BCUT2D eigenvalue weighted by molar-refractivity contribution is 6.25. The van der Waals surface area contributed by atoms with Crippen LogP contribution in [0.2, 0.25) is 0 Å². The maximum Gasteiger partial charge on any atom is 0.255 e. The first kappa shape index (κ1) is 33.2. The summed E-state index contributed by atoms with van der Waals surface area (Å²) in [5.41, 5.74) is 7.35. The van der Waals surface area contributed by atoms with Crippen LogP contribution in [0.25, 0.3) is 0 Å². The summed E-state index contributed by atoms with van der Waals surface area (Å²) >= 11 is 0. The minimum absolute atomic E-state index is 0.0773. The number of nitrogens with zero attached hydrogens (tertiary/aromatic N) is 2. The normalized spacial score (nSPS) is 26.4. The number of aliphatic hydroxyl groups is 3. The Morgan fingerprint density at radius 3 is 2.44 bits per heavy atom. The molecule has 45 heavy (non-hydrogen) atoms. The summed E-state index contributed by atoms with van der Waals surface area (Å²) < 4.78 is 4.98. The van der Waals surface area contributed by atoms with Gasteiger partial charge in [-0.15, -0.1) is 0 Å². The van der Waals surface area contributed by atoms with Crippen LogP contribution in [0.4, 0.5) is 5.69 Å². The van der Waals surface area contributed by atoms with E-state index in [1.54, 1.807) is 50.4 Å². The van der Waals surface area contributed by atoms with Crippen LogP contribution in [0.1, 0.15) is 27.9 Å². The predicted molar refractivity (Wildman–Crippen MR) is 168 cm³/mol. The molecule has 0 saturated carbocycles. The van der Waals surface area contributed by atoms with Gasteiger partial charge in [0, 0.05) is 38.0 Å². The number of methoxy groups -OCH3 is 1. The largest absolute Gasteiger partial charge is 0.510 e. The SMILES string of the molecule is C=C/C(C#Cc1cc(N(C)C)c2c(c1O)C(=O)C1=C(O)[C@]3(O)C(=O)C(C(N)=O)=C(O)[C@@H](N(C)C)[C@]3(N)C[C@@H]1C2)=C\C=C/COC. The van der Waals surface area contributed by atoms with E-state index in [-0.39, 0.29) is 29.5 Å². The number of carbonyl (C=O) groups is 3. The Morgan fingerprint density at radius 2 is 1.89 bits per heavy atom. The van der Waals surface area contributed by atoms with Gasteiger partial charge in [-0.1, -0.05) is 36.6 Å². The van der Waals surface area contributed by atoms with Crippen molar-refractivity contribution in [1.29, 1.82) is 0 Å². The molecule has 3 aliphatic rings. The van der Waals surface area contributed by atoms with E-state index < -0.39 is 63.4 Å². The maximum atomic E-state index is 14.2. The van der Waals surface area contributed by atoms with Crippen LogP contribution >= 0.6 is 0 Å². The molecule has 12 nitrogen and oxygen atoms in total. The van der Waals surface area contributed by atoms with E-state index in [2.05, 4.69) is 18.4 Å². The molecule has 1 amide bonds. The van der Waals surface area contributed by atoms with Crippen LogP contribution in [0.15, 0.2) is 65.2 Å². The van der Waals surface area contributed by atoms with Crippen LogP contribution < -0.4 is 16.4 Å². The number of allylic oxidation sites excluding steroid dienone is 5. The number of ketones is 2. The first-order chi connectivity index (χ1) is 21.1. The van der Waals surface area contributed by atoms with E-state index in [0.717, 1.165) is 0 Å². The number of phenolic OH excluding ortho intramolecular Hbond substituents is 1. The van der Waals surface area contributed by atoms with E-state index in [9.17, 15) is 34.8 Å². The Balaban J connectivity index is 1.95. The molecule has 4 rings (SSSR count). The molecule has 0 saturated heterocycles. The lowest BCUT2D eigenvalue weighted by Gasteiger charge is -2.56. The number of hydrogen-bond donors (Lipinski definition) is 6. The van der Waals surface area contributed by atoms with Crippen molar-refractivity contribution in [1.82, 2.24) is 4.90 Å². The standard InChI is InChI=1S/C33H38N4O8/c1-7-17(10-8-9-13-45-6)11-12-18-15-21(36(2)3)20-14-19-16-32(35)28(37(4)5)27(40)24(31(34)43)30(42)33(32,44)29(41)22(19)26(39)23(20)25(18)38/h7-10,15,19,28,38,40-41,44H,1,13-14,16,35H2,2-6H3,(H2,34,43)/b9-8-,17-10+/t19-,28+,32+,33-/m0/s1. The molecule has 8 N–H and O–H groups in total. The zero-order valence-electron chi connectivity index (χ0n) is 25.8. The number of aromatic hydroxyl groups is 1. The van der Waals surface area contributed by atoms with Crippen molar-refractivity contribution < 1.29 is 39.5 Å². The van der Waals surface area contributed by atoms with Gasteiger partial charge in [-0.2, -0.15) is 0 Å². The molecule has 0 aliphatic heterocycles. The molecule has 238 valence electrons. The Kier molecular flexibility index (Phi) is 8.88. The number of Topliss-reactive ketones (excluding diaryl/α,β-unsaturated/α-hetero) is 2. The van der Waals surface area contributed by atoms with E-state index in [1.165, 1.54) is 25.1 Å². The monoisotopic (exact) mass is 618 g/mol. The summed E-state index contributed by atoms with van der Waals surface area (Å²) in [4.78, 5) is 43.2. The fraction of sp³-hybridized carbons (Fsp3) is 0.364. The summed E-state index contributed by atoms with van der Waals surface area (Å²) in [6.45, 7) is 4.16. The number of likely N-dealkylation sites (N-methyl/N-ethyl adjacent to an activating group) is 1. The van der Waals surface area contributed by atoms with Gasteiger partial charge < -0.3 is 41.5 Å². The number of hydrogen-bond acceptors (Lipinski definition) is 11. The fourth-order valence-corrected chi connectivity index (χ4v) is 6.63. The fourth-order valence-electron chi connectivity index (χ4n) is 6.63. The van der Waals surface area contributed by atoms with E-state index in [4.69, 9.17) is 16.2 Å². The van der Waals surface area contributed by atoms with Crippen molar-refractivity contribution in [2.75, 3.05) is 46.8 Å². The van der Waals surface area contributed by atoms with Gasteiger partial charge in [0.2, 0.25) is 11.4 Å². The molecule has 4 atom stereocenters. The maximum absolute atomic E-state index is 14.2. The lowest BCUT2D eigenvalue weighted by atomic mass is 9.54. The zero-order chi connectivity index (χ0) is 33.6. The average Bonchev–Trinajstić information content (AvgIpc) is 2.95. The third-order valence-electron chi connectivity index (χ3n) is 8.61. The molecule has 0 spiro atoms. The molecular weight excluding hydrogens is 580 g/mol. The molecule has 12 heteroatoms. The van der Waals surface area contributed by atoms with Crippen LogP contribution in [0, 0.1) is 17.8 Å². The number of primary amides is 1. The van der Waals surface area contributed by atoms with Crippen molar-refractivity contribution in [3.8, 4) is 17.6 Å². The first-order valence-electron chi connectivity index (χ1n) is 14.1. The second kappa shape index (κ2) is 12.0. The minimum Gasteiger partial charge on any atom is -0.510 e. The van der Waals surface area contributed by atoms with Crippen molar-refractivity contribution in [3.05, 3.63) is 81.9 Å². The van der Waals surface area contributed by atoms with E-state index >= 15 is 0 Å². The lowest BCUT2D eigenvalue weighted by Crippen LogP contribution is -2.79. The van der Waals surface area contributed by atoms with Crippen molar-refractivity contribution >= 4 is 23.2 Å². The number of rotatable bonds is 7. The number of ether oxygens (including phenoxy) is 1. The second-order valence-electron chi connectivity index (χ2n) is 11.8. The Labute approximate surface area is 261 Å². The van der Waals surface area contributed by atoms with Gasteiger partial charge in [0.05, 0.1) is 29.3 Å². The van der Waals surface area contributed by atoms with E-state index in [0.29, 0.717) is 23.4 Å². The van der Waals surface area contributed by atoms with Crippen LogP contribution in [0.5, 0.6) is 5.75 Å². The highest BCUT2D eigenvalue weighted by Crippen LogP contribution is 2.54. The van der Waals surface area contributed by atoms with E-state index in [1.807, 2.05) is 0 Å². The summed E-state index contributed by atoms with van der Waals surface area (Å²) in [7, 11) is 8.10. The number of nitrogens with two attached hydrogens (primary N) is 2. The topological polar surface area (TPSA) is 200 Å². The summed E-state index contributed by atoms with van der Waals surface area (Å²) in [5, 5.41) is 46.0. The molecule has 0 unspecified atom stereocenters. The number of fused-ring (bicyclic) bond motifs is 3. The third kappa shape index (κ3) is 5.04. The minimum atomic E-state index is -2.99. The smallest absolute Gasteiger partial charge is 0.255 e. The highest BCUT2D eigenvalue weighted by Gasteiger charge is 2.70. The molecule has 1 aromatic rings. The van der Waals surface area contributed by atoms with Gasteiger partial charge in [0.25, 0.3) is 5.91 Å². The zero-order valence-corrected chi connectivity index (χ0v) is 25.8. The molecule has 0 aromatic heterocycles. The van der Waals surface area contributed by atoms with Crippen molar-refractivity contribution in [2.24, 2.45) is 17.4 Å². The average molecular weight is 619 g/mol. The lowest BCUT2D eigenvalue weighted by molar-refractivity contribution is -0.152. The van der Waals surface area contributed by atoms with Gasteiger partial charge in [-0.05, 0) is 50.6 Å². The molecule has 0 bridgehead atoms. The number of aliphatic hydroxyl groups excluding tert-OH is 2. The van der Waals surface area contributed by atoms with Gasteiger partial charge >= 0.3 is 0 Å². The van der Waals surface area contributed by atoms with Gasteiger partial charge in [-0.3, -0.25) is 19.3 Å². The van der Waals surface area contributed by atoms with Crippen molar-refractivity contribution in [3.63, 3.8) is 0 Å². The van der Waals surface area contributed by atoms with Crippen LogP contribution in [0.3, 0.4) is 0 Å². The number of phenols is 1. The van der Waals surface area contributed by atoms with Crippen LogP contribution in [-0.2, 0) is 20.7 Å². The Bertz CT molecular complexity index is 1690. The van der Waals surface area contributed by atoms with Gasteiger partial charge in [-0.25, -0.2) is 0 Å². The Hall–Kier alpha value is -4.67. The predicted octanol–water partition coefficient (Wildman–Crippen LogP) is 0.934. The van der Waals surface area contributed by atoms with Gasteiger partial charge in [0.1, 0.15) is 22.8 Å². The van der Waals surface area contributed by atoms with Gasteiger partial charge in [0.15, 0.2) is 5.78 Å². The quantitative estimate of drug-likeness (QED) is 0.144. The summed E-state index contributed by atoms with van der Waals surface area (Å²) in [6.07, 6.45) is 6.57.